The molecule has 2 heteroatoms. The monoisotopic (exact) mass is 287 g/mol. The van der Waals surface area contributed by atoms with Crippen molar-refractivity contribution in [2.24, 2.45) is 11.8 Å². The molecule has 0 bridgehead atoms. The van der Waals surface area contributed by atoms with Gasteiger partial charge in [0.25, 0.3) is 0 Å². The minimum absolute atomic E-state index is 0.00807. The standard InChI is InChI=1S/C19H29NO/c1-14-8-7-11-19(13-14,20(2)3)18(21)17-12-16(17)15-9-5-4-6-10-15/h4-6,9-10,14,16-18,21H,7-8,11-13H2,1-3H3. The molecule has 0 saturated heterocycles. The molecule has 5 unspecified atom stereocenters. The lowest BCUT2D eigenvalue weighted by Crippen LogP contribution is -2.57. The van der Waals surface area contributed by atoms with Crippen molar-refractivity contribution in [3.8, 4) is 0 Å². The molecule has 0 spiro atoms. The molecule has 0 heterocycles. The number of hydrogen-bond donors (Lipinski definition) is 1. The summed E-state index contributed by atoms with van der Waals surface area (Å²) in [5, 5.41) is 11.1. The Bertz CT molecular complexity index is 472. The number of rotatable bonds is 4. The lowest BCUT2D eigenvalue weighted by atomic mass is 9.71. The third kappa shape index (κ3) is 2.76. The van der Waals surface area contributed by atoms with Crippen LogP contribution in [-0.4, -0.2) is 35.7 Å². The Morgan fingerprint density at radius 1 is 1.24 bits per heavy atom. The van der Waals surface area contributed by atoms with E-state index in [9.17, 15) is 5.11 Å². The average molecular weight is 287 g/mol. The first-order chi connectivity index (χ1) is 10.0. The van der Waals surface area contributed by atoms with Crippen molar-refractivity contribution in [1.29, 1.82) is 0 Å². The largest absolute Gasteiger partial charge is 0.391 e. The van der Waals surface area contributed by atoms with E-state index >= 15 is 0 Å². The fourth-order valence-electron chi connectivity index (χ4n) is 4.55. The van der Waals surface area contributed by atoms with Crippen molar-refractivity contribution >= 4 is 0 Å². The molecule has 2 aliphatic carbocycles. The zero-order valence-electron chi connectivity index (χ0n) is 13.6. The molecule has 3 rings (SSSR count). The molecular formula is C19H29NO. The number of likely N-dealkylation sites (N-methyl/N-ethyl adjacent to an activating group) is 1. The molecule has 0 aromatic heterocycles. The maximum Gasteiger partial charge on any atom is 0.0757 e. The lowest BCUT2D eigenvalue weighted by molar-refractivity contribution is -0.0545. The molecule has 0 aliphatic heterocycles. The molecule has 2 fully saturated rings. The zero-order chi connectivity index (χ0) is 15.0. The highest BCUT2D eigenvalue weighted by Gasteiger charge is 2.53. The predicted molar refractivity (Wildman–Crippen MR) is 87.3 cm³/mol. The maximum atomic E-state index is 11.1. The first kappa shape index (κ1) is 15.1. The van der Waals surface area contributed by atoms with Crippen LogP contribution >= 0.6 is 0 Å². The molecule has 0 amide bonds. The molecule has 0 radical (unpaired) electrons. The van der Waals surface area contributed by atoms with Crippen molar-refractivity contribution < 1.29 is 5.11 Å². The Hall–Kier alpha value is -0.860. The first-order valence-electron chi connectivity index (χ1n) is 8.45. The van der Waals surface area contributed by atoms with Crippen LogP contribution in [0.1, 0.15) is 50.5 Å². The van der Waals surface area contributed by atoms with Gasteiger partial charge in [0.2, 0.25) is 0 Å². The SMILES string of the molecule is CC1CCCC(C(O)C2CC2c2ccccc2)(N(C)C)C1. The molecule has 1 aromatic rings. The number of benzene rings is 1. The van der Waals surface area contributed by atoms with Gasteiger partial charge < -0.3 is 10.0 Å². The smallest absolute Gasteiger partial charge is 0.0757 e. The quantitative estimate of drug-likeness (QED) is 0.913. The van der Waals surface area contributed by atoms with Crippen molar-refractivity contribution in [2.75, 3.05) is 14.1 Å². The van der Waals surface area contributed by atoms with Crippen LogP contribution in [0.25, 0.3) is 0 Å². The summed E-state index contributed by atoms with van der Waals surface area (Å²) in [6.45, 7) is 2.34. The number of aliphatic hydroxyl groups excluding tert-OH is 1. The van der Waals surface area contributed by atoms with Crippen LogP contribution in [-0.2, 0) is 0 Å². The van der Waals surface area contributed by atoms with E-state index in [4.69, 9.17) is 0 Å². The Balaban J connectivity index is 1.76. The van der Waals surface area contributed by atoms with Crippen LogP contribution in [0, 0.1) is 11.8 Å². The van der Waals surface area contributed by atoms with E-state index < -0.39 is 0 Å². The van der Waals surface area contributed by atoms with Crippen LogP contribution in [0.15, 0.2) is 30.3 Å². The van der Waals surface area contributed by atoms with E-state index in [-0.39, 0.29) is 11.6 Å². The topological polar surface area (TPSA) is 23.5 Å². The van der Waals surface area contributed by atoms with Gasteiger partial charge in [0.1, 0.15) is 0 Å². The van der Waals surface area contributed by atoms with Crippen LogP contribution in [0.3, 0.4) is 0 Å². The number of hydrogen-bond acceptors (Lipinski definition) is 2. The van der Waals surface area contributed by atoms with Crippen molar-refractivity contribution in [2.45, 2.75) is 56.6 Å². The second kappa shape index (κ2) is 5.73. The molecule has 2 aliphatic rings. The van der Waals surface area contributed by atoms with Crippen LogP contribution < -0.4 is 0 Å². The van der Waals surface area contributed by atoms with E-state index in [0.29, 0.717) is 11.8 Å². The van der Waals surface area contributed by atoms with E-state index in [2.05, 4.69) is 56.3 Å². The van der Waals surface area contributed by atoms with Crippen molar-refractivity contribution in [3.63, 3.8) is 0 Å². The summed E-state index contributed by atoms with van der Waals surface area (Å²) in [6.07, 6.45) is 5.80. The summed E-state index contributed by atoms with van der Waals surface area (Å²) in [6, 6.07) is 10.7. The van der Waals surface area contributed by atoms with Gasteiger partial charge in [-0.3, -0.25) is 0 Å². The number of nitrogens with zero attached hydrogens (tertiary/aromatic N) is 1. The summed E-state index contributed by atoms with van der Waals surface area (Å²) in [5.74, 6) is 1.74. The van der Waals surface area contributed by atoms with Crippen LogP contribution in [0.5, 0.6) is 0 Å². The minimum atomic E-state index is -0.194. The third-order valence-corrected chi connectivity index (χ3v) is 5.92. The van der Waals surface area contributed by atoms with Gasteiger partial charge in [-0.25, -0.2) is 0 Å². The van der Waals surface area contributed by atoms with Crippen LogP contribution in [0.4, 0.5) is 0 Å². The molecule has 2 nitrogen and oxygen atoms in total. The first-order valence-corrected chi connectivity index (χ1v) is 8.45. The second-order valence-corrected chi connectivity index (χ2v) is 7.56. The lowest BCUT2D eigenvalue weighted by Gasteiger charge is -2.48. The third-order valence-electron chi connectivity index (χ3n) is 5.92. The Morgan fingerprint density at radius 2 is 1.95 bits per heavy atom. The molecule has 116 valence electrons. The molecular weight excluding hydrogens is 258 g/mol. The summed E-state index contributed by atoms with van der Waals surface area (Å²) < 4.78 is 0. The fourth-order valence-corrected chi connectivity index (χ4v) is 4.55. The van der Waals surface area contributed by atoms with Gasteiger partial charge in [-0.05, 0) is 56.7 Å². The van der Waals surface area contributed by atoms with Crippen molar-refractivity contribution in [1.82, 2.24) is 4.90 Å². The molecule has 21 heavy (non-hydrogen) atoms. The summed E-state index contributed by atoms with van der Waals surface area (Å²) in [7, 11) is 4.31. The normalized spacial score (nSPS) is 37.5. The van der Waals surface area contributed by atoms with Gasteiger partial charge in [-0.1, -0.05) is 50.1 Å². The summed E-state index contributed by atoms with van der Waals surface area (Å²) in [4.78, 5) is 2.31. The van der Waals surface area contributed by atoms with Crippen LogP contribution in [0.2, 0.25) is 0 Å². The van der Waals surface area contributed by atoms with E-state index in [1.807, 2.05) is 0 Å². The van der Waals surface area contributed by atoms with Gasteiger partial charge in [0.15, 0.2) is 0 Å². The molecule has 1 aromatic carbocycles. The van der Waals surface area contributed by atoms with Gasteiger partial charge >= 0.3 is 0 Å². The number of aliphatic hydroxyl groups is 1. The highest BCUT2D eigenvalue weighted by atomic mass is 16.3. The zero-order valence-corrected chi connectivity index (χ0v) is 13.6. The van der Waals surface area contributed by atoms with E-state index in [1.165, 1.54) is 18.4 Å². The minimum Gasteiger partial charge on any atom is -0.391 e. The van der Waals surface area contributed by atoms with Gasteiger partial charge in [0, 0.05) is 5.54 Å². The Labute approximate surface area is 129 Å². The van der Waals surface area contributed by atoms with E-state index in [0.717, 1.165) is 25.2 Å². The Kier molecular flexibility index (Phi) is 4.11. The van der Waals surface area contributed by atoms with Crippen molar-refractivity contribution in [3.05, 3.63) is 35.9 Å². The summed E-state index contributed by atoms with van der Waals surface area (Å²) >= 11 is 0. The summed E-state index contributed by atoms with van der Waals surface area (Å²) in [5.41, 5.74) is 1.39. The second-order valence-electron chi connectivity index (χ2n) is 7.56. The highest BCUT2D eigenvalue weighted by molar-refractivity contribution is 5.27. The van der Waals surface area contributed by atoms with Gasteiger partial charge in [-0.15, -0.1) is 0 Å². The van der Waals surface area contributed by atoms with E-state index in [1.54, 1.807) is 0 Å². The molecule has 1 N–H and O–H groups in total. The highest BCUT2D eigenvalue weighted by Crippen LogP contribution is 2.54. The Morgan fingerprint density at radius 3 is 2.57 bits per heavy atom. The molecule has 2 saturated carbocycles. The van der Waals surface area contributed by atoms with Gasteiger partial charge in [0.05, 0.1) is 6.10 Å². The predicted octanol–water partition coefficient (Wildman–Crippen LogP) is 3.66. The van der Waals surface area contributed by atoms with Gasteiger partial charge in [-0.2, -0.15) is 0 Å². The maximum absolute atomic E-state index is 11.1. The molecule has 5 atom stereocenters. The fraction of sp³-hybridized carbons (Fsp3) is 0.684. The average Bonchev–Trinajstić information content (AvgIpc) is 3.27.